The molecule has 5 heteroatoms. The highest BCUT2D eigenvalue weighted by Crippen LogP contribution is 2.21. The lowest BCUT2D eigenvalue weighted by atomic mass is 10.0. The van der Waals surface area contributed by atoms with Gasteiger partial charge in [-0.2, -0.15) is 0 Å². The van der Waals surface area contributed by atoms with Crippen molar-refractivity contribution in [2.45, 2.75) is 25.8 Å². The summed E-state index contributed by atoms with van der Waals surface area (Å²) in [6, 6.07) is 3.62. The molecular formula is C14H21N3O2. The summed E-state index contributed by atoms with van der Waals surface area (Å²) < 4.78 is 0. The van der Waals surface area contributed by atoms with Crippen LogP contribution >= 0.6 is 0 Å². The molecular weight excluding hydrogens is 242 g/mol. The molecule has 104 valence electrons. The maximum absolute atomic E-state index is 11.0. The number of hydrogen-bond acceptors (Lipinski definition) is 4. The number of hydrogen-bond donors (Lipinski definition) is 1. The number of carboxylic acids is 1. The van der Waals surface area contributed by atoms with Gasteiger partial charge in [0.1, 0.15) is 5.82 Å². The standard InChI is InChI=1S/C14H21N3O2/c1-3-17-8-5-12(6-9-17)16(2)13-10-11(14(18)19)4-7-15-13/h4,7,10,12H,3,5-6,8-9H2,1-2H3,(H,18,19). The average molecular weight is 263 g/mol. The van der Waals surface area contributed by atoms with Crippen molar-refractivity contribution in [2.75, 3.05) is 31.6 Å². The predicted octanol–water partition coefficient (Wildman–Crippen LogP) is 1.70. The number of rotatable bonds is 4. The Labute approximate surface area is 113 Å². The molecule has 19 heavy (non-hydrogen) atoms. The maximum Gasteiger partial charge on any atom is 0.335 e. The Morgan fingerprint density at radius 1 is 1.53 bits per heavy atom. The fraction of sp³-hybridized carbons (Fsp3) is 0.571. The zero-order chi connectivity index (χ0) is 13.8. The van der Waals surface area contributed by atoms with Crippen molar-refractivity contribution < 1.29 is 9.90 Å². The van der Waals surface area contributed by atoms with E-state index in [1.54, 1.807) is 12.3 Å². The minimum atomic E-state index is -0.905. The van der Waals surface area contributed by atoms with Crippen LogP contribution in [-0.4, -0.2) is 53.7 Å². The van der Waals surface area contributed by atoms with Gasteiger partial charge in [0, 0.05) is 32.4 Å². The van der Waals surface area contributed by atoms with Crippen molar-refractivity contribution in [1.29, 1.82) is 0 Å². The van der Waals surface area contributed by atoms with E-state index in [-0.39, 0.29) is 0 Å². The van der Waals surface area contributed by atoms with E-state index in [0.29, 0.717) is 11.6 Å². The molecule has 1 aliphatic rings. The average Bonchev–Trinajstić information content (AvgIpc) is 2.46. The summed E-state index contributed by atoms with van der Waals surface area (Å²) in [5, 5.41) is 9.02. The number of carbonyl (C=O) groups is 1. The summed E-state index contributed by atoms with van der Waals surface area (Å²) >= 11 is 0. The molecule has 0 aromatic carbocycles. The van der Waals surface area contributed by atoms with Crippen LogP contribution < -0.4 is 4.90 Å². The van der Waals surface area contributed by atoms with Crippen LogP contribution in [0.2, 0.25) is 0 Å². The fourth-order valence-electron chi connectivity index (χ4n) is 2.55. The predicted molar refractivity (Wildman–Crippen MR) is 74.7 cm³/mol. The summed E-state index contributed by atoms with van der Waals surface area (Å²) in [6.45, 7) is 5.49. The summed E-state index contributed by atoms with van der Waals surface area (Å²) in [4.78, 5) is 19.8. The van der Waals surface area contributed by atoms with Gasteiger partial charge < -0.3 is 14.9 Å². The molecule has 0 amide bonds. The number of pyridine rings is 1. The normalized spacial score (nSPS) is 17.4. The first-order chi connectivity index (χ1) is 9.11. The van der Waals surface area contributed by atoms with Gasteiger partial charge in [-0.05, 0) is 31.5 Å². The molecule has 0 bridgehead atoms. The third-order valence-electron chi connectivity index (χ3n) is 3.91. The molecule has 0 aliphatic carbocycles. The van der Waals surface area contributed by atoms with E-state index >= 15 is 0 Å². The van der Waals surface area contributed by atoms with Crippen LogP contribution in [0.1, 0.15) is 30.1 Å². The number of likely N-dealkylation sites (tertiary alicyclic amines) is 1. The van der Waals surface area contributed by atoms with E-state index in [0.717, 1.165) is 38.3 Å². The van der Waals surface area contributed by atoms with E-state index in [1.807, 2.05) is 7.05 Å². The fourth-order valence-corrected chi connectivity index (χ4v) is 2.55. The van der Waals surface area contributed by atoms with Crippen molar-refractivity contribution in [3.8, 4) is 0 Å². The first-order valence-electron chi connectivity index (χ1n) is 6.76. The highest BCUT2D eigenvalue weighted by molar-refractivity contribution is 5.88. The lowest BCUT2D eigenvalue weighted by Crippen LogP contribution is -2.43. The van der Waals surface area contributed by atoms with Crippen LogP contribution in [0.5, 0.6) is 0 Å². The summed E-state index contributed by atoms with van der Waals surface area (Å²) in [5.41, 5.74) is 0.294. The minimum Gasteiger partial charge on any atom is -0.478 e. The van der Waals surface area contributed by atoms with Crippen LogP contribution in [0.15, 0.2) is 18.3 Å². The molecule has 1 fully saturated rings. The van der Waals surface area contributed by atoms with Crippen molar-refractivity contribution >= 4 is 11.8 Å². The van der Waals surface area contributed by atoms with Crippen molar-refractivity contribution in [3.63, 3.8) is 0 Å². The number of aromatic nitrogens is 1. The molecule has 2 heterocycles. The second-order valence-electron chi connectivity index (χ2n) is 4.98. The first kappa shape index (κ1) is 13.8. The highest BCUT2D eigenvalue weighted by atomic mass is 16.4. The Bertz CT molecular complexity index is 442. The number of aromatic carboxylic acids is 1. The van der Waals surface area contributed by atoms with Crippen LogP contribution in [0, 0.1) is 0 Å². The number of nitrogens with zero attached hydrogens (tertiary/aromatic N) is 3. The molecule has 1 N–H and O–H groups in total. The second kappa shape index (κ2) is 6.02. The van der Waals surface area contributed by atoms with E-state index in [2.05, 4.69) is 21.7 Å². The van der Waals surface area contributed by atoms with E-state index in [9.17, 15) is 4.79 Å². The third kappa shape index (κ3) is 3.23. The van der Waals surface area contributed by atoms with Gasteiger partial charge in [0.15, 0.2) is 0 Å². The summed E-state index contributed by atoms with van der Waals surface area (Å²) in [6.07, 6.45) is 3.77. The topological polar surface area (TPSA) is 56.7 Å². The molecule has 1 saturated heterocycles. The Morgan fingerprint density at radius 2 is 2.21 bits per heavy atom. The molecule has 0 atom stereocenters. The SMILES string of the molecule is CCN1CCC(N(C)c2cc(C(=O)O)ccn2)CC1. The minimum absolute atomic E-state index is 0.294. The zero-order valence-electron chi connectivity index (χ0n) is 11.5. The Hall–Kier alpha value is -1.62. The molecule has 1 aromatic heterocycles. The van der Waals surface area contributed by atoms with Gasteiger partial charge in [-0.15, -0.1) is 0 Å². The number of carboxylic acid groups (broad SMARTS) is 1. The number of anilines is 1. The van der Waals surface area contributed by atoms with Gasteiger partial charge in [0.05, 0.1) is 5.56 Å². The zero-order valence-corrected chi connectivity index (χ0v) is 11.5. The lowest BCUT2D eigenvalue weighted by Gasteiger charge is -2.36. The van der Waals surface area contributed by atoms with E-state index < -0.39 is 5.97 Å². The summed E-state index contributed by atoms with van der Waals surface area (Å²) in [7, 11) is 2.00. The third-order valence-corrected chi connectivity index (χ3v) is 3.91. The summed E-state index contributed by atoms with van der Waals surface area (Å²) in [5.74, 6) is -0.160. The largest absolute Gasteiger partial charge is 0.478 e. The highest BCUT2D eigenvalue weighted by Gasteiger charge is 2.22. The van der Waals surface area contributed by atoms with Crippen LogP contribution in [0.25, 0.3) is 0 Å². The molecule has 1 aromatic rings. The molecule has 1 aliphatic heterocycles. The molecule has 2 rings (SSSR count). The van der Waals surface area contributed by atoms with Gasteiger partial charge in [-0.1, -0.05) is 6.92 Å². The molecule has 0 radical (unpaired) electrons. The second-order valence-corrected chi connectivity index (χ2v) is 4.98. The van der Waals surface area contributed by atoms with Crippen molar-refractivity contribution in [1.82, 2.24) is 9.88 Å². The van der Waals surface area contributed by atoms with E-state index in [4.69, 9.17) is 5.11 Å². The van der Waals surface area contributed by atoms with Crippen molar-refractivity contribution in [2.24, 2.45) is 0 Å². The van der Waals surface area contributed by atoms with E-state index in [1.165, 1.54) is 6.07 Å². The quantitative estimate of drug-likeness (QED) is 0.896. The van der Waals surface area contributed by atoms with Crippen LogP contribution in [-0.2, 0) is 0 Å². The van der Waals surface area contributed by atoms with Crippen LogP contribution in [0.3, 0.4) is 0 Å². The van der Waals surface area contributed by atoms with Gasteiger partial charge in [-0.25, -0.2) is 9.78 Å². The lowest BCUT2D eigenvalue weighted by molar-refractivity contribution is 0.0696. The Kier molecular flexibility index (Phi) is 4.37. The molecule has 0 saturated carbocycles. The Morgan fingerprint density at radius 3 is 2.79 bits per heavy atom. The van der Waals surface area contributed by atoms with Gasteiger partial charge in [0.2, 0.25) is 0 Å². The maximum atomic E-state index is 11.0. The molecule has 0 spiro atoms. The smallest absolute Gasteiger partial charge is 0.335 e. The first-order valence-corrected chi connectivity index (χ1v) is 6.76. The van der Waals surface area contributed by atoms with Crippen LogP contribution in [0.4, 0.5) is 5.82 Å². The van der Waals surface area contributed by atoms with Gasteiger partial charge >= 0.3 is 5.97 Å². The van der Waals surface area contributed by atoms with Crippen molar-refractivity contribution in [3.05, 3.63) is 23.9 Å². The van der Waals surface area contributed by atoms with Gasteiger partial charge in [-0.3, -0.25) is 0 Å². The number of piperidine rings is 1. The van der Waals surface area contributed by atoms with Gasteiger partial charge in [0.25, 0.3) is 0 Å². The molecule has 0 unspecified atom stereocenters. The monoisotopic (exact) mass is 263 g/mol. The molecule has 5 nitrogen and oxygen atoms in total. The Balaban J connectivity index is 2.05.